The van der Waals surface area contributed by atoms with Gasteiger partial charge in [-0.05, 0) is 64.2 Å². The van der Waals surface area contributed by atoms with Crippen LogP contribution in [0.15, 0.2) is 0 Å². The highest BCUT2D eigenvalue weighted by Crippen LogP contribution is 2.24. The summed E-state index contributed by atoms with van der Waals surface area (Å²) in [7, 11) is 0. The number of likely N-dealkylation sites (N-methyl/N-ethyl adjacent to an activating group) is 1. The number of likely N-dealkylation sites (tertiary alicyclic amines) is 2. The lowest BCUT2D eigenvalue weighted by Gasteiger charge is -2.42. The average molecular weight is 240 g/mol. The normalized spacial score (nSPS) is 29.6. The van der Waals surface area contributed by atoms with E-state index in [0.717, 1.165) is 18.4 Å². The zero-order valence-corrected chi connectivity index (χ0v) is 11.3. The molecule has 3 nitrogen and oxygen atoms in total. The van der Waals surface area contributed by atoms with Gasteiger partial charge in [-0.2, -0.15) is 0 Å². The largest absolute Gasteiger partial charge is 0.396 e. The number of piperidine rings is 2. The van der Waals surface area contributed by atoms with Crippen molar-refractivity contribution >= 4 is 0 Å². The number of rotatable bonds is 4. The van der Waals surface area contributed by atoms with Crippen molar-refractivity contribution in [3.05, 3.63) is 0 Å². The molecule has 0 aromatic rings. The lowest BCUT2D eigenvalue weighted by Crippen LogP contribution is -2.50. The Balaban J connectivity index is 1.76. The highest BCUT2D eigenvalue weighted by atomic mass is 16.3. The second-order valence-electron chi connectivity index (χ2n) is 5.68. The van der Waals surface area contributed by atoms with Gasteiger partial charge in [0.1, 0.15) is 0 Å². The minimum Gasteiger partial charge on any atom is -0.396 e. The Kier molecular flexibility index (Phi) is 5.26. The molecule has 2 saturated heterocycles. The van der Waals surface area contributed by atoms with Crippen LogP contribution in [0.4, 0.5) is 0 Å². The Bertz CT molecular complexity index is 214. The van der Waals surface area contributed by atoms with Crippen LogP contribution in [0, 0.1) is 5.92 Å². The Morgan fingerprint density at radius 1 is 1.12 bits per heavy atom. The standard InChI is InChI=1S/C14H28N2O/c1-2-15-8-3-4-14(12-15)16-9-5-13(6-10-16)7-11-17/h13-14,17H,2-12H2,1H3/t14-/m0/s1. The maximum atomic E-state index is 8.98. The zero-order chi connectivity index (χ0) is 12.1. The summed E-state index contributed by atoms with van der Waals surface area (Å²) >= 11 is 0. The third kappa shape index (κ3) is 3.67. The first kappa shape index (κ1) is 13.3. The quantitative estimate of drug-likeness (QED) is 0.808. The van der Waals surface area contributed by atoms with Crippen LogP contribution in [0.1, 0.15) is 39.0 Å². The van der Waals surface area contributed by atoms with Crippen LogP contribution in [0.3, 0.4) is 0 Å². The van der Waals surface area contributed by atoms with Crippen molar-refractivity contribution < 1.29 is 5.11 Å². The number of aliphatic hydroxyl groups is 1. The van der Waals surface area contributed by atoms with Crippen LogP contribution in [-0.4, -0.2) is 60.3 Å². The molecule has 0 unspecified atom stereocenters. The summed E-state index contributed by atoms with van der Waals surface area (Å²) in [5, 5.41) is 8.98. The second kappa shape index (κ2) is 6.72. The maximum Gasteiger partial charge on any atom is 0.0433 e. The number of aliphatic hydroxyl groups excluding tert-OH is 1. The molecule has 2 rings (SSSR count). The van der Waals surface area contributed by atoms with Crippen molar-refractivity contribution in [3.8, 4) is 0 Å². The van der Waals surface area contributed by atoms with E-state index in [-0.39, 0.29) is 0 Å². The van der Waals surface area contributed by atoms with E-state index < -0.39 is 0 Å². The highest BCUT2D eigenvalue weighted by molar-refractivity contribution is 4.83. The predicted octanol–water partition coefficient (Wildman–Crippen LogP) is 1.57. The lowest BCUT2D eigenvalue weighted by molar-refractivity contribution is 0.0663. The second-order valence-corrected chi connectivity index (χ2v) is 5.68. The van der Waals surface area contributed by atoms with Crippen LogP contribution >= 0.6 is 0 Å². The van der Waals surface area contributed by atoms with Gasteiger partial charge in [0.25, 0.3) is 0 Å². The van der Waals surface area contributed by atoms with Crippen LogP contribution in [-0.2, 0) is 0 Å². The molecule has 2 aliphatic heterocycles. The van der Waals surface area contributed by atoms with E-state index in [9.17, 15) is 0 Å². The van der Waals surface area contributed by atoms with Gasteiger partial charge in [-0.3, -0.25) is 4.90 Å². The van der Waals surface area contributed by atoms with Crippen LogP contribution in [0.5, 0.6) is 0 Å². The Hall–Kier alpha value is -0.120. The van der Waals surface area contributed by atoms with Crippen molar-refractivity contribution in [2.24, 2.45) is 5.92 Å². The minimum atomic E-state index is 0.373. The van der Waals surface area contributed by atoms with Gasteiger partial charge < -0.3 is 10.0 Å². The van der Waals surface area contributed by atoms with Gasteiger partial charge in [0.15, 0.2) is 0 Å². The van der Waals surface area contributed by atoms with Gasteiger partial charge in [-0.1, -0.05) is 6.92 Å². The van der Waals surface area contributed by atoms with Crippen LogP contribution in [0.2, 0.25) is 0 Å². The van der Waals surface area contributed by atoms with Crippen molar-refractivity contribution in [2.45, 2.75) is 45.1 Å². The van der Waals surface area contributed by atoms with E-state index in [2.05, 4.69) is 16.7 Å². The molecule has 2 aliphatic rings. The van der Waals surface area contributed by atoms with Gasteiger partial charge in [-0.15, -0.1) is 0 Å². The fourth-order valence-corrected chi connectivity index (χ4v) is 3.41. The third-order valence-electron chi connectivity index (χ3n) is 4.63. The Morgan fingerprint density at radius 2 is 1.88 bits per heavy atom. The van der Waals surface area contributed by atoms with Gasteiger partial charge in [0.05, 0.1) is 0 Å². The molecular weight excluding hydrogens is 212 g/mol. The van der Waals surface area contributed by atoms with Gasteiger partial charge in [0, 0.05) is 19.2 Å². The molecule has 1 N–H and O–H groups in total. The molecular formula is C14H28N2O. The summed E-state index contributed by atoms with van der Waals surface area (Å²) in [5.41, 5.74) is 0. The monoisotopic (exact) mass is 240 g/mol. The highest BCUT2D eigenvalue weighted by Gasteiger charge is 2.27. The molecule has 17 heavy (non-hydrogen) atoms. The van der Waals surface area contributed by atoms with E-state index >= 15 is 0 Å². The molecule has 3 heteroatoms. The third-order valence-corrected chi connectivity index (χ3v) is 4.63. The maximum absolute atomic E-state index is 8.98. The van der Waals surface area contributed by atoms with E-state index in [1.54, 1.807) is 0 Å². The summed E-state index contributed by atoms with van der Waals surface area (Å²) in [6.07, 6.45) is 6.36. The first-order valence-electron chi connectivity index (χ1n) is 7.40. The zero-order valence-electron chi connectivity index (χ0n) is 11.3. The molecule has 0 bridgehead atoms. The summed E-state index contributed by atoms with van der Waals surface area (Å²) in [5.74, 6) is 0.780. The summed E-state index contributed by atoms with van der Waals surface area (Å²) in [4.78, 5) is 5.30. The molecule has 1 atom stereocenters. The predicted molar refractivity (Wildman–Crippen MR) is 71.1 cm³/mol. The topological polar surface area (TPSA) is 26.7 Å². The molecule has 0 saturated carbocycles. The minimum absolute atomic E-state index is 0.373. The summed E-state index contributed by atoms with van der Waals surface area (Å²) in [6, 6.07) is 0.804. The SMILES string of the molecule is CCN1CCC[C@H](N2CCC(CCO)CC2)C1. The molecule has 0 spiro atoms. The Labute approximate surface area is 106 Å². The Morgan fingerprint density at radius 3 is 2.53 bits per heavy atom. The van der Waals surface area contributed by atoms with Crippen molar-refractivity contribution in [3.63, 3.8) is 0 Å². The van der Waals surface area contributed by atoms with E-state index in [4.69, 9.17) is 5.11 Å². The van der Waals surface area contributed by atoms with Gasteiger partial charge in [0.2, 0.25) is 0 Å². The summed E-state index contributed by atoms with van der Waals surface area (Å²) < 4.78 is 0. The fourth-order valence-electron chi connectivity index (χ4n) is 3.41. The number of nitrogens with zero attached hydrogens (tertiary/aromatic N) is 2. The lowest BCUT2D eigenvalue weighted by atomic mass is 9.92. The molecule has 2 heterocycles. The smallest absolute Gasteiger partial charge is 0.0433 e. The molecule has 2 fully saturated rings. The van der Waals surface area contributed by atoms with Crippen molar-refractivity contribution in [2.75, 3.05) is 39.3 Å². The van der Waals surface area contributed by atoms with Gasteiger partial charge in [-0.25, -0.2) is 0 Å². The molecule has 100 valence electrons. The van der Waals surface area contributed by atoms with Gasteiger partial charge >= 0.3 is 0 Å². The molecule has 0 aromatic carbocycles. The van der Waals surface area contributed by atoms with Crippen molar-refractivity contribution in [1.82, 2.24) is 9.80 Å². The molecule has 0 aliphatic carbocycles. The first-order valence-corrected chi connectivity index (χ1v) is 7.40. The fraction of sp³-hybridized carbons (Fsp3) is 1.00. The van der Waals surface area contributed by atoms with Crippen LogP contribution < -0.4 is 0 Å². The van der Waals surface area contributed by atoms with E-state index in [1.165, 1.54) is 58.4 Å². The van der Waals surface area contributed by atoms with Crippen molar-refractivity contribution in [1.29, 1.82) is 0 Å². The van der Waals surface area contributed by atoms with E-state index in [0.29, 0.717) is 6.61 Å². The first-order chi connectivity index (χ1) is 8.33. The molecule has 0 amide bonds. The van der Waals surface area contributed by atoms with E-state index in [1.807, 2.05) is 0 Å². The number of hydrogen-bond acceptors (Lipinski definition) is 3. The average Bonchev–Trinajstić information content (AvgIpc) is 2.40. The number of hydrogen-bond donors (Lipinski definition) is 1. The molecule has 0 aromatic heterocycles. The van der Waals surface area contributed by atoms with Crippen LogP contribution in [0.25, 0.3) is 0 Å². The molecule has 0 radical (unpaired) electrons. The summed E-state index contributed by atoms with van der Waals surface area (Å²) in [6.45, 7) is 8.94.